The van der Waals surface area contributed by atoms with Crippen LogP contribution in [0.2, 0.25) is 10.3 Å². The first-order chi connectivity index (χ1) is 31.6. The minimum Gasteiger partial charge on any atom is -0.480 e. The molecule has 5 amide bonds. The number of pyridine rings is 2. The van der Waals surface area contributed by atoms with Crippen molar-refractivity contribution >= 4 is 71.1 Å². The lowest BCUT2D eigenvalue weighted by Gasteiger charge is -2.40. The Morgan fingerprint density at radius 3 is 1.45 bits per heavy atom. The van der Waals surface area contributed by atoms with Gasteiger partial charge in [-0.25, -0.2) is 33.9 Å². The number of piperazine rings is 2. The number of carbonyl (C=O) groups excluding carboxylic acids is 5. The Balaban J connectivity index is 0.000000255. The topological polar surface area (TPSA) is 236 Å². The Hall–Kier alpha value is -6.86. The number of nitrogen functional groups attached to an aromatic ring is 1. The van der Waals surface area contributed by atoms with Gasteiger partial charge in [-0.05, 0) is 76.9 Å². The molecule has 2 aromatic heterocycles. The Morgan fingerprint density at radius 2 is 1.04 bits per heavy atom. The van der Waals surface area contributed by atoms with Crippen LogP contribution in [-0.4, -0.2) is 133 Å². The number of carboxylic acids is 1. The van der Waals surface area contributed by atoms with Crippen molar-refractivity contribution in [3.05, 3.63) is 118 Å². The van der Waals surface area contributed by atoms with Crippen LogP contribution >= 0.6 is 23.2 Å². The van der Waals surface area contributed by atoms with Gasteiger partial charge in [0.25, 0.3) is 0 Å². The Morgan fingerprint density at radius 1 is 0.612 bits per heavy atom. The standard InChI is InChI=1S/C23H27ClN4O5.C18H24N2O6.C5H5ClN2/c1-23(2,3)33-21(30)27-12-13-28(22(31)32-15-16-8-5-4-6-9-16)17(14-27)20(29)26-19-11-7-10-18(24)25-19;1-18(2,3)26-16(23)19-9-10-20(14(11-19)15(21)22)17(24)25-12-13-7-5-4-6-8-13;6-4-2-1-3-5(7)8-4/h4-11,17H,12-15H2,1-3H3,(H,25,26,29);4-8,14H,9-12H2,1-3H3,(H,21,22);1-3H,(H2,7,8)/t17-;14-;/m00./s1. The van der Waals surface area contributed by atoms with Crippen LogP contribution in [0.3, 0.4) is 0 Å². The highest BCUT2D eigenvalue weighted by Gasteiger charge is 2.40. The SMILES string of the molecule is CC(C)(C)OC(=O)N1CCN(C(=O)OCc2ccccc2)[C@H](C(=O)Nc2cccc(Cl)n2)C1.CC(C)(C)OC(=O)N1CCN(C(=O)OCc2ccccc2)[C@H](C(=O)O)C1.Nc1cccc(Cl)n1. The van der Waals surface area contributed by atoms with Crippen LogP contribution < -0.4 is 11.1 Å². The van der Waals surface area contributed by atoms with E-state index >= 15 is 0 Å². The second-order valence-electron chi connectivity index (χ2n) is 16.9. The molecule has 0 saturated carbocycles. The number of amides is 5. The molecule has 0 aliphatic carbocycles. The zero-order valence-electron chi connectivity index (χ0n) is 38.1. The van der Waals surface area contributed by atoms with Crippen molar-refractivity contribution in [2.24, 2.45) is 0 Å². The zero-order valence-corrected chi connectivity index (χ0v) is 39.6. The first-order valence-electron chi connectivity index (χ1n) is 21.0. The number of nitrogens with zero attached hydrogens (tertiary/aromatic N) is 6. The van der Waals surface area contributed by atoms with E-state index in [0.29, 0.717) is 11.0 Å². The third-order valence-electron chi connectivity index (χ3n) is 9.23. The maximum absolute atomic E-state index is 13.1. The molecule has 0 bridgehead atoms. The van der Waals surface area contributed by atoms with Crippen LogP contribution in [0.1, 0.15) is 52.7 Å². The molecule has 4 heterocycles. The lowest BCUT2D eigenvalue weighted by molar-refractivity contribution is -0.144. The van der Waals surface area contributed by atoms with Crippen molar-refractivity contribution in [3.8, 4) is 0 Å². The summed E-state index contributed by atoms with van der Waals surface area (Å²) in [7, 11) is 0. The second-order valence-corrected chi connectivity index (χ2v) is 17.7. The van der Waals surface area contributed by atoms with E-state index in [4.69, 9.17) is 47.9 Å². The number of hydrogen-bond donors (Lipinski definition) is 3. The molecule has 4 aromatic rings. The molecule has 2 atom stereocenters. The molecule has 360 valence electrons. The molecular formula is C46H56Cl2N8O11. The maximum Gasteiger partial charge on any atom is 0.410 e. The van der Waals surface area contributed by atoms with Crippen LogP contribution in [0, 0.1) is 0 Å². The fourth-order valence-corrected chi connectivity index (χ4v) is 6.47. The largest absolute Gasteiger partial charge is 0.480 e. The number of halogens is 2. The van der Waals surface area contributed by atoms with Gasteiger partial charge in [0.05, 0.1) is 13.1 Å². The van der Waals surface area contributed by atoms with E-state index in [0.717, 1.165) is 16.0 Å². The van der Waals surface area contributed by atoms with Gasteiger partial charge >= 0.3 is 30.3 Å². The van der Waals surface area contributed by atoms with E-state index in [1.54, 1.807) is 77.9 Å². The number of carbonyl (C=O) groups is 6. The minimum atomic E-state index is -1.20. The molecule has 2 fully saturated rings. The van der Waals surface area contributed by atoms with Gasteiger partial charge in [0.2, 0.25) is 5.91 Å². The fraction of sp³-hybridized carbons (Fsp3) is 0.391. The second kappa shape index (κ2) is 24.6. The first-order valence-corrected chi connectivity index (χ1v) is 21.8. The number of nitrogens with one attached hydrogen (secondary N) is 1. The average Bonchev–Trinajstić information content (AvgIpc) is 3.27. The average molecular weight is 968 g/mol. The van der Waals surface area contributed by atoms with Gasteiger partial charge in [-0.1, -0.05) is 96.0 Å². The Bertz CT molecular complexity index is 2280. The quantitative estimate of drug-likeness (QED) is 0.120. The molecule has 2 aromatic carbocycles. The summed E-state index contributed by atoms with van der Waals surface area (Å²) in [5.41, 5.74) is 5.52. The van der Waals surface area contributed by atoms with Gasteiger partial charge in [-0.2, -0.15) is 0 Å². The molecule has 2 aliphatic heterocycles. The number of hydrogen-bond acceptors (Lipinski definition) is 13. The lowest BCUT2D eigenvalue weighted by atomic mass is 10.1. The minimum absolute atomic E-state index is 0.0538. The van der Waals surface area contributed by atoms with Crippen molar-refractivity contribution in [3.63, 3.8) is 0 Å². The van der Waals surface area contributed by atoms with Crippen molar-refractivity contribution in [2.45, 2.75) is 78.0 Å². The Kier molecular flexibility index (Phi) is 19.4. The van der Waals surface area contributed by atoms with E-state index in [2.05, 4.69) is 15.3 Å². The fourth-order valence-electron chi connectivity index (χ4n) is 6.14. The van der Waals surface area contributed by atoms with Crippen LogP contribution in [0.25, 0.3) is 0 Å². The van der Waals surface area contributed by atoms with Crippen LogP contribution in [0.5, 0.6) is 0 Å². The number of benzene rings is 2. The zero-order chi connectivity index (χ0) is 49.3. The normalized spacial score (nSPS) is 15.9. The molecule has 67 heavy (non-hydrogen) atoms. The number of nitrogens with two attached hydrogens (primary N) is 1. The summed E-state index contributed by atoms with van der Waals surface area (Å²) < 4.78 is 21.3. The van der Waals surface area contributed by atoms with Gasteiger partial charge in [0.15, 0.2) is 6.04 Å². The van der Waals surface area contributed by atoms with Crippen LogP contribution in [0.15, 0.2) is 97.1 Å². The van der Waals surface area contributed by atoms with E-state index in [1.165, 1.54) is 14.7 Å². The van der Waals surface area contributed by atoms with Crippen molar-refractivity contribution in [1.29, 1.82) is 0 Å². The number of aromatic nitrogens is 2. The smallest absolute Gasteiger partial charge is 0.410 e. The molecular weight excluding hydrogens is 911 g/mol. The molecule has 4 N–H and O–H groups in total. The van der Waals surface area contributed by atoms with Crippen molar-refractivity contribution in [1.82, 2.24) is 29.6 Å². The van der Waals surface area contributed by atoms with E-state index in [9.17, 15) is 33.9 Å². The summed E-state index contributed by atoms with van der Waals surface area (Å²) >= 11 is 11.4. The molecule has 0 spiro atoms. The highest BCUT2D eigenvalue weighted by molar-refractivity contribution is 6.29. The number of aliphatic carboxylic acids is 1. The predicted molar refractivity (Wildman–Crippen MR) is 249 cm³/mol. The monoisotopic (exact) mass is 966 g/mol. The predicted octanol–water partition coefficient (Wildman–Crippen LogP) is 7.58. The summed E-state index contributed by atoms with van der Waals surface area (Å²) in [6.45, 7) is 10.9. The summed E-state index contributed by atoms with van der Waals surface area (Å²) in [5, 5.41) is 12.8. The van der Waals surface area contributed by atoms with Crippen molar-refractivity contribution in [2.75, 3.05) is 50.3 Å². The van der Waals surface area contributed by atoms with Gasteiger partial charge in [0, 0.05) is 26.2 Å². The van der Waals surface area contributed by atoms with Gasteiger partial charge in [0.1, 0.15) is 52.4 Å². The third-order valence-corrected chi connectivity index (χ3v) is 9.66. The lowest BCUT2D eigenvalue weighted by Crippen LogP contribution is -2.61. The van der Waals surface area contributed by atoms with Crippen LogP contribution in [-0.2, 0) is 41.8 Å². The molecule has 21 heteroatoms. The molecule has 2 saturated heterocycles. The summed E-state index contributed by atoms with van der Waals surface area (Å²) in [5.74, 6) is -1.03. The van der Waals surface area contributed by atoms with Gasteiger partial charge in [-0.15, -0.1) is 0 Å². The van der Waals surface area contributed by atoms with E-state index < -0.39 is 59.5 Å². The number of rotatable bonds is 7. The summed E-state index contributed by atoms with van der Waals surface area (Å²) in [4.78, 5) is 87.4. The third kappa shape index (κ3) is 18.2. The van der Waals surface area contributed by atoms with Crippen molar-refractivity contribution < 1.29 is 52.8 Å². The number of ether oxygens (including phenoxy) is 4. The number of anilines is 2. The summed E-state index contributed by atoms with van der Waals surface area (Å²) in [6, 6.07) is 26.1. The highest BCUT2D eigenvalue weighted by Crippen LogP contribution is 2.20. The van der Waals surface area contributed by atoms with E-state index in [-0.39, 0.29) is 63.5 Å². The molecule has 2 aliphatic rings. The van der Waals surface area contributed by atoms with E-state index in [1.807, 2.05) is 60.7 Å². The molecule has 0 unspecified atom stereocenters. The molecule has 19 nitrogen and oxygen atoms in total. The summed E-state index contributed by atoms with van der Waals surface area (Å²) in [6.07, 6.45) is -2.52. The van der Waals surface area contributed by atoms with Gasteiger partial charge < -0.3 is 44.9 Å². The van der Waals surface area contributed by atoms with Gasteiger partial charge in [-0.3, -0.25) is 14.6 Å². The molecule has 6 rings (SSSR count). The maximum atomic E-state index is 13.1. The molecule has 0 radical (unpaired) electrons. The highest BCUT2D eigenvalue weighted by atomic mass is 35.5. The Labute approximate surface area is 399 Å². The van der Waals surface area contributed by atoms with Crippen LogP contribution in [0.4, 0.5) is 30.8 Å². The number of carboxylic acid groups (broad SMARTS) is 1. The first kappa shape index (κ1) is 52.8.